The highest BCUT2D eigenvalue weighted by Gasteiger charge is 2.14. The number of rotatable bonds is 5. The molecule has 0 spiro atoms. The Balaban J connectivity index is 2.94. The molecular formula is C13H21NO2. The van der Waals surface area contributed by atoms with Gasteiger partial charge in [0.25, 0.3) is 0 Å². The average molecular weight is 223 g/mol. The van der Waals surface area contributed by atoms with E-state index in [4.69, 9.17) is 15.2 Å². The second-order valence-corrected chi connectivity index (χ2v) is 4.34. The van der Waals surface area contributed by atoms with Crippen molar-refractivity contribution in [3.63, 3.8) is 0 Å². The Kier molecular flexibility index (Phi) is 4.62. The first-order valence-electron chi connectivity index (χ1n) is 5.56. The van der Waals surface area contributed by atoms with Gasteiger partial charge in [-0.2, -0.15) is 0 Å². The predicted octanol–water partition coefficient (Wildman–Crippen LogP) is 2.75. The van der Waals surface area contributed by atoms with E-state index in [-0.39, 0.29) is 6.04 Å². The van der Waals surface area contributed by atoms with E-state index in [1.165, 1.54) is 0 Å². The summed E-state index contributed by atoms with van der Waals surface area (Å²) in [6.07, 6.45) is 0.947. The summed E-state index contributed by atoms with van der Waals surface area (Å²) in [5.41, 5.74) is 7.18. The molecule has 0 aromatic heterocycles. The maximum Gasteiger partial charge on any atom is 0.127 e. The maximum absolute atomic E-state index is 6.14. The van der Waals surface area contributed by atoms with Gasteiger partial charge in [0.15, 0.2) is 0 Å². The van der Waals surface area contributed by atoms with Crippen LogP contribution in [0, 0.1) is 5.92 Å². The topological polar surface area (TPSA) is 44.5 Å². The minimum atomic E-state index is 0.0147. The van der Waals surface area contributed by atoms with Crippen molar-refractivity contribution >= 4 is 0 Å². The molecule has 0 aliphatic rings. The van der Waals surface area contributed by atoms with Crippen molar-refractivity contribution in [1.29, 1.82) is 0 Å². The number of benzene rings is 1. The van der Waals surface area contributed by atoms with Crippen LogP contribution < -0.4 is 15.2 Å². The van der Waals surface area contributed by atoms with Crippen LogP contribution in [0.5, 0.6) is 11.5 Å². The van der Waals surface area contributed by atoms with E-state index in [2.05, 4.69) is 13.8 Å². The van der Waals surface area contributed by atoms with Crippen molar-refractivity contribution in [3.05, 3.63) is 23.8 Å². The summed E-state index contributed by atoms with van der Waals surface area (Å²) >= 11 is 0. The second-order valence-electron chi connectivity index (χ2n) is 4.34. The molecule has 1 atom stereocenters. The van der Waals surface area contributed by atoms with E-state index in [1.807, 2.05) is 18.2 Å². The van der Waals surface area contributed by atoms with E-state index in [9.17, 15) is 0 Å². The summed E-state index contributed by atoms with van der Waals surface area (Å²) in [6.45, 7) is 4.33. The maximum atomic E-state index is 6.14. The molecule has 0 aliphatic carbocycles. The normalized spacial score (nSPS) is 12.6. The van der Waals surface area contributed by atoms with Crippen molar-refractivity contribution in [2.75, 3.05) is 14.2 Å². The number of hydrogen-bond donors (Lipinski definition) is 1. The van der Waals surface area contributed by atoms with Crippen molar-refractivity contribution in [1.82, 2.24) is 0 Å². The standard InChI is InChI=1S/C13H21NO2/c1-9(2)7-12(14)11-6-5-10(15-3)8-13(11)16-4/h5-6,8-9,12H,7,14H2,1-4H3. The molecule has 0 aliphatic heterocycles. The van der Waals surface area contributed by atoms with Gasteiger partial charge in [-0.3, -0.25) is 0 Å². The summed E-state index contributed by atoms with van der Waals surface area (Å²) in [6, 6.07) is 5.78. The lowest BCUT2D eigenvalue weighted by Gasteiger charge is -2.18. The Bertz CT molecular complexity index is 337. The van der Waals surface area contributed by atoms with Gasteiger partial charge in [-0.15, -0.1) is 0 Å². The van der Waals surface area contributed by atoms with Crippen LogP contribution in [0.25, 0.3) is 0 Å². The quantitative estimate of drug-likeness (QED) is 0.834. The van der Waals surface area contributed by atoms with Gasteiger partial charge in [-0.05, 0) is 18.4 Å². The molecule has 0 bridgehead atoms. The zero-order valence-electron chi connectivity index (χ0n) is 10.5. The molecule has 1 unspecified atom stereocenters. The van der Waals surface area contributed by atoms with E-state index in [0.29, 0.717) is 5.92 Å². The summed E-state index contributed by atoms with van der Waals surface area (Å²) in [7, 11) is 3.29. The molecule has 3 nitrogen and oxygen atoms in total. The van der Waals surface area contributed by atoms with Gasteiger partial charge in [-0.25, -0.2) is 0 Å². The van der Waals surface area contributed by atoms with E-state index >= 15 is 0 Å². The van der Waals surface area contributed by atoms with Gasteiger partial charge in [0.05, 0.1) is 14.2 Å². The molecule has 1 aromatic carbocycles. The third kappa shape index (κ3) is 3.14. The number of methoxy groups -OCH3 is 2. The smallest absolute Gasteiger partial charge is 0.127 e. The van der Waals surface area contributed by atoms with Crippen LogP contribution in [0.3, 0.4) is 0 Å². The third-order valence-electron chi connectivity index (χ3n) is 2.57. The fraction of sp³-hybridized carbons (Fsp3) is 0.538. The Hall–Kier alpha value is -1.22. The largest absolute Gasteiger partial charge is 0.497 e. The monoisotopic (exact) mass is 223 g/mol. The van der Waals surface area contributed by atoms with Crippen molar-refractivity contribution in [2.24, 2.45) is 11.7 Å². The minimum Gasteiger partial charge on any atom is -0.497 e. The SMILES string of the molecule is COc1ccc(C(N)CC(C)C)c(OC)c1. The molecule has 0 saturated heterocycles. The highest BCUT2D eigenvalue weighted by atomic mass is 16.5. The average Bonchev–Trinajstić information content (AvgIpc) is 2.27. The fourth-order valence-electron chi connectivity index (χ4n) is 1.76. The first-order chi connectivity index (χ1) is 7.58. The molecule has 16 heavy (non-hydrogen) atoms. The molecule has 0 saturated carbocycles. The Labute approximate surface area is 97.6 Å². The highest BCUT2D eigenvalue weighted by Crippen LogP contribution is 2.31. The van der Waals surface area contributed by atoms with Crippen LogP contribution in [0.1, 0.15) is 31.9 Å². The van der Waals surface area contributed by atoms with Crippen LogP contribution in [-0.4, -0.2) is 14.2 Å². The molecule has 1 aromatic rings. The van der Waals surface area contributed by atoms with Gasteiger partial charge in [0, 0.05) is 17.7 Å². The molecule has 90 valence electrons. The van der Waals surface area contributed by atoms with Crippen LogP contribution in [0.2, 0.25) is 0 Å². The van der Waals surface area contributed by atoms with Crippen LogP contribution in [0.4, 0.5) is 0 Å². The van der Waals surface area contributed by atoms with E-state index in [0.717, 1.165) is 23.5 Å². The number of hydrogen-bond acceptors (Lipinski definition) is 3. The minimum absolute atomic E-state index is 0.0147. The molecule has 2 N–H and O–H groups in total. The number of ether oxygens (including phenoxy) is 2. The van der Waals surface area contributed by atoms with Crippen LogP contribution in [-0.2, 0) is 0 Å². The lowest BCUT2D eigenvalue weighted by Crippen LogP contribution is -2.14. The van der Waals surface area contributed by atoms with E-state index < -0.39 is 0 Å². The van der Waals surface area contributed by atoms with Gasteiger partial charge in [-0.1, -0.05) is 19.9 Å². The molecule has 3 heteroatoms. The van der Waals surface area contributed by atoms with E-state index in [1.54, 1.807) is 14.2 Å². The van der Waals surface area contributed by atoms with Crippen LogP contribution in [0.15, 0.2) is 18.2 Å². The van der Waals surface area contributed by atoms with Crippen molar-refractivity contribution < 1.29 is 9.47 Å². The Morgan fingerprint density at radius 3 is 2.38 bits per heavy atom. The molecule has 0 amide bonds. The summed E-state index contributed by atoms with van der Waals surface area (Å²) in [5.74, 6) is 2.16. The summed E-state index contributed by atoms with van der Waals surface area (Å²) in [4.78, 5) is 0. The van der Waals surface area contributed by atoms with Crippen molar-refractivity contribution in [2.45, 2.75) is 26.3 Å². The third-order valence-corrected chi connectivity index (χ3v) is 2.57. The van der Waals surface area contributed by atoms with Crippen LogP contribution >= 0.6 is 0 Å². The lowest BCUT2D eigenvalue weighted by atomic mass is 9.97. The zero-order valence-corrected chi connectivity index (χ0v) is 10.5. The zero-order chi connectivity index (χ0) is 12.1. The first kappa shape index (κ1) is 12.8. The van der Waals surface area contributed by atoms with Gasteiger partial charge in [0.1, 0.15) is 11.5 Å². The molecule has 1 rings (SSSR count). The summed E-state index contributed by atoms with van der Waals surface area (Å²) < 4.78 is 10.5. The van der Waals surface area contributed by atoms with Crippen molar-refractivity contribution in [3.8, 4) is 11.5 Å². The second kappa shape index (κ2) is 5.75. The molecule has 0 fully saturated rings. The van der Waals surface area contributed by atoms with Gasteiger partial charge in [0.2, 0.25) is 0 Å². The molecule has 0 radical (unpaired) electrons. The molecule has 0 heterocycles. The lowest BCUT2D eigenvalue weighted by molar-refractivity contribution is 0.384. The van der Waals surface area contributed by atoms with Gasteiger partial charge < -0.3 is 15.2 Å². The first-order valence-corrected chi connectivity index (χ1v) is 5.56. The summed E-state index contributed by atoms with van der Waals surface area (Å²) in [5, 5.41) is 0. The molecular weight excluding hydrogens is 202 g/mol. The predicted molar refractivity (Wildman–Crippen MR) is 65.9 cm³/mol. The fourth-order valence-corrected chi connectivity index (χ4v) is 1.76. The Morgan fingerprint density at radius 2 is 1.88 bits per heavy atom. The van der Waals surface area contributed by atoms with Gasteiger partial charge >= 0.3 is 0 Å². The Morgan fingerprint density at radius 1 is 1.19 bits per heavy atom. The number of nitrogens with two attached hydrogens (primary N) is 1. The highest BCUT2D eigenvalue weighted by molar-refractivity contribution is 5.42.